The number of carbonyl (C=O) groups is 1. The van der Waals surface area contributed by atoms with Crippen molar-refractivity contribution >= 4 is 33.3 Å². The standard InChI is InChI=1S/C9H10O2.Tl/c1-6-3-7(2)5-8(4-6)9(10)11;/h3-5H,1-2H3,(H,10,11);/q;+1/p-1. The zero-order valence-corrected chi connectivity index (χ0v) is 11.6. The first-order valence-electron chi connectivity index (χ1n) is 3.39. The van der Waals surface area contributed by atoms with Crippen molar-refractivity contribution in [3.63, 3.8) is 0 Å². The predicted octanol–water partition coefficient (Wildman–Crippen LogP) is 0.286. The molecular weight excluding hydrogens is 344 g/mol. The average molecular weight is 354 g/mol. The molecule has 0 heterocycles. The summed E-state index contributed by atoms with van der Waals surface area (Å²) in [4.78, 5) is 10.4. The number of carbonyl (C=O) groups excluding carboxylic acids is 1. The van der Waals surface area contributed by atoms with Crippen LogP contribution in [-0.4, -0.2) is 33.3 Å². The van der Waals surface area contributed by atoms with Gasteiger partial charge >= 0.3 is 27.3 Å². The zero-order chi connectivity index (χ0) is 8.43. The molecule has 0 aromatic heterocycles. The molecule has 0 N–H and O–H groups in total. The van der Waals surface area contributed by atoms with Gasteiger partial charge in [-0.3, -0.25) is 0 Å². The van der Waals surface area contributed by atoms with E-state index < -0.39 is 5.97 Å². The Morgan fingerprint density at radius 1 is 1.17 bits per heavy atom. The Bertz CT molecular complexity index is 274. The number of aromatic carboxylic acids is 1. The van der Waals surface area contributed by atoms with Crippen molar-refractivity contribution in [2.45, 2.75) is 13.8 Å². The molecule has 0 spiro atoms. The summed E-state index contributed by atoms with van der Waals surface area (Å²) in [6, 6.07) is 5.12. The van der Waals surface area contributed by atoms with Gasteiger partial charge in [-0.25, -0.2) is 0 Å². The Morgan fingerprint density at radius 2 is 1.58 bits per heavy atom. The Kier molecular flexibility index (Phi) is 4.44. The maximum atomic E-state index is 10.4. The second kappa shape index (κ2) is 4.59. The van der Waals surface area contributed by atoms with Gasteiger partial charge in [0.05, 0.1) is 5.97 Å². The summed E-state index contributed by atoms with van der Waals surface area (Å²) >= 11 is 0. The van der Waals surface area contributed by atoms with Crippen LogP contribution in [0, 0.1) is 13.8 Å². The minimum Gasteiger partial charge on any atom is -0.545 e. The van der Waals surface area contributed by atoms with Crippen molar-refractivity contribution in [2.75, 3.05) is 0 Å². The first-order chi connectivity index (χ1) is 5.09. The molecule has 3 heteroatoms. The number of carboxylic acid groups (broad SMARTS) is 1. The fourth-order valence-corrected chi connectivity index (χ4v) is 1.09. The first-order valence-corrected chi connectivity index (χ1v) is 3.39. The molecule has 0 unspecified atom stereocenters. The van der Waals surface area contributed by atoms with Crippen molar-refractivity contribution < 1.29 is 9.90 Å². The van der Waals surface area contributed by atoms with Crippen LogP contribution in [0.25, 0.3) is 0 Å². The summed E-state index contributed by atoms with van der Waals surface area (Å²) in [6.45, 7) is 3.72. The molecule has 0 saturated carbocycles. The number of benzene rings is 1. The molecule has 12 heavy (non-hydrogen) atoms. The van der Waals surface area contributed by atoms with Crippen LogP contribution < -0.4 is 5.11 Å². The van der Waals surface area contributed by atoms with E-state index >= 15 is 0 Å². The molecule has 0 fully saturated rings. The molecule has 0 aliphatic carbocycles. The van der Waals surface area contributed by atoms with Crippen LogP contribution in [0.2, 0.25) is 0 Å². The van der Waals surface area contributed by atoms with Gasteiger partial charge in [0.15, 0.2) is 0 Å². The third-order valence-electron chi connectivity index (χ3n) is 1.46. The van der Waals surface area contributed by atoms with Crippen LogP contribution in [0.1, 0.15) is 21.5 Å². The topological polar surface area (TPSA) is 40.1 Å². The maximum absolute atomic E-state index is 10.4. The van der Waals surface area contributed by atoms with Crippen LogP contribution in [0.5, 0.6) is 0 Å². The molecule has 0 saturated heterocycles. The van der Waals surface area contributed by atoms with Crippen molar-refractivity contribution in [3.05, 3.63) is 34.9 Å². The van der Waals surface area contributed by atoms with Gasteiger partial charge in [-0.15, -0.1) is 0 Å². The molecule has 2 nitrogen and oxygen atoms in total. The molecule has 1 rings (SSSR count). The van der Waals surface area contributed by atoms with E-state index in [1.807, 2.05) is 19.9 Å². The maximum Gasteiger partial charge on any atom is 1.00 e. The predicted molar refractivity (Wildman–Crippen MR) is 46.0 cm³/mol. The summed E-state index contributed by atoms with van der Waals surface area (Å²) in [5.41, 5.74) is 2.15. The van der Waals surface area contributed by atoms with E-state index in [1.165, 1.54) is 0 Å². The molecular formula is C9H9O2Tl. The minimum atomic E-state index is -1.11. The summed E-state index contributed by atoms with van der Waals surface area (Å²) < 4.78 is 0. The number of hydrogen-bond donors (Lipinski definition) is 0. The van der Waals surface area contributed by atoms with Gasteiger partial charge < -0.3 is 9.90 Å². The van der Waals surface area contributed by atoms with Crippen molar-refractivity contribution in [1.82, 2.24) is 0 Å². The normalized spacial score (nSPS) is 8.83. The summed E-state index contributed by atoms with van der Waals surface area (Å²) in [6.07, 6.45) is 0. The van der Waals surface area contributed by atoms with Crippen LogP contribution in [0.3, 0.4) is 0 Å². The monoisotopic (exact) mass is 354 g/mol. The fourth-order valence-electron chi connectivity index (χ4n) is 1.09. The van der Waals surface area contributed by atoms with Gasteiger partial charge in [-0.1, -0.05) is 29.3 Å². The molecule has 60 valence electrons. The second-order valence-electron chi connectivity index (χ2n) is 2.66. The SMILES string of the molecule is Cc1cc(C)cc(C(=O)[O-])c1.[Tl+]. The summed E-state index contributed by atoms with van der Waals surface area (Å²) in [5.74, 6) is -1.11. The molecule has 1 aromatic rings. The second-order valence-corrected chi connectivity index (χ2v) is 2.66. The van der Waals surface area contributed by atoms with Crippen molar-refractivity contribution in [1.29, 1.82) is 0 Å². The van der Waals surface area contributed by atoms with Crippen LogP contribution in [-0.2, 0) is 0 Å². The summed E-state index contributed by atoms with van der Waals surface area (Å²) in [5, 5.41) is 10.4. The Hall–Kier alpha value is -0.388. The first kappa shape index (κ1) is 11.6. The van der Waals surface area contributed by atoms with Crippen LogP contribution >= 0.6 is 0 Å². The molecule has 1 aromatic carbocycles. The Morgan fingerprint density at radius 3 is 1.92 bits per heavy atom. The molecule has 0 atom stereocenters. The number of carboxylic acids is 1. The number of aryl methyl sites for hydroxylation is 2. The molecule has 0 amide bonds. The molecule has 0 aliphatic rings. The quantitative estimate of drug-likeness (QED) is 0.681. The van der Waals surface area contributed by atoms with E-state index in [1.54, 1.807) is 12.1 Å². The third-order valence-corrected chi connectivity index (χ3v) is 1.46. The van der Waals surface area contributed by atoms with Gasteiger partial charge in [0.1, 0.15) is 0 Å². The van der Waals surface area contributed by atoms with E-state index in [4.69, 9.17) is 0 Å². The van der Waals surface area contributed by atoms with E-state index in [0.29, 0.717) is 0 Å². The third kappa shape index (κ3) is 2.92. The van der Waals surface area contributed by atoms with Gasteiger partial charge in [0, 0.05) is 0 Å². The van der Waals surface area contributed by atoms with Crippen molar-refractivity contribution in [2.24, 2.45) is 0 Å². The van der Waals surface area contributed by atoms with Gasteiger partial charge in [0.2, 0.25) is 0 Å². The van der Waals surface area contributed by atoms with Crippen LogP contribution in [0.4, 0.5) is 0 Å². The van der Waals surface area contributed by atoms with E-state index in [2.05, 4.69) is 0 Å². The fraction of sp³-hybridized carbons (Fsp3) is 0.222. The van der Waals surface area contributed by atoms with Crippen molar-refractivity contribution in [3.8, 4) is 0 Å². The smallest absolute Gasteiger partial charge is 0.545 e. The molecule has 0 bridgehead atoms. The number of rotatable bonds is 1. The van der Waals surface area contributed by atoms with E-state index in [-0.39, 0.29) is 32.9 Å². The van der Waals surface area contributed by atoms with E-state index in [0.717, 1.165) is 11.1 Å². The Balaban J connectivity index is 0.00000121. The summed E-state index contributed by atoms with van der Waals surface area (Å²) in [7, 11) is 0. The van der Waals surface area contributed by atoms with Gasteiger partial charge in [-0.2, -0.15) is 0 Å². The number of hydrogen-bond acceptors (Lipinski definition) is 2. The van der Waals surface area contributed by atoms with Gasteiger partial charge in [0.25, 0.3) is 0 Å². The molecule has 0 aliphatic heterocycles. The van der Waals surface area contributed by atoms with E-state index in [9.17, 15) is 9.90 Å². The largest absolute Gasteiger partial charge is 1.00 e. The Labute approximate surface area is 91.8 Å². The minimum absolute atomic E-state index is 0. The van der Waals surface area contributed by atoms with Gasteiger partial charge in [-0.05, 0) is 19.4 Å². The van der Waals surface area contributed by atoms with Crippen LogP contribution in [0.15, 0.2) is 18.2 Å². The zero-order valence-electron chi connectivity index (χ0n) is 7.13. The average Bonchev–Trinajstić information content (AvgIpc) is 1.85. The molecule has 0 radical (unpaired) electrons.